The fraction of sp³-hybridized carbons (Fsp3) is 0.115. The molecule has 6 heteroatoms. The fourth-order valence-corrected chi connectivity index (χ4v) is 3.38. The van der Waals surface area contributed by atoms with Gasteiger partial charge >= 0.3 is 5.97 Å². The van der Waals surface area contributed by atoms with Crippen molar-refractivity contribution < 1.29 is 19.4 Å². The first-order valence-electron chi connectivity index (χ1n) is 10.2. The van der Waals surface area contributed by atoms with Gasteiger partial charge in [0.2, 0.25) is 0 Å². The number of carbonyl (C=O) groups excluding carboxylic acids is 1. The Hall–Kier alpha value is -4.19. The Morgan fingerprint density at radius 2 is 1.66 bits per heavy atom. The van der Waals surface area contributed by atoms with E-state index in [0.717, 1.165) is 22.0 Å². The third-order valence-electron chi connectivity index (χ3n) is 5.04. The van der Waals surface area contributed by atoms with E-state index >= 15 is 0 Å². The number of nitrogens with one attached hydrogen (secondary N) is 1. The summed E-state index contributed by atoms with van der Waals surface area (Å²) in [7, 11) is 0. The van der Waals surface area contributed by atoms with Crippen LogP contribution in [0.5, 0.6) is 5.75 Å². The number of amides is 1. The Labute approximate surface area is 185 Å². The van der Waals surface area contributed by atoms with Crippen LogP contribution in [0.15, 0.2) is 91.1 Å². The Morgan fingerprint density at radius 3 is 2.47 bits per heavy atom. The molecule has 2 N–H and O–H groups in total. The zero-order chi connectivity index (χ0) is 22.3. The molecule has 3 aromatic carbocycles. The minimum atomic E-state index is -1.11. The summed E-state index contributed by atoms with van der Waals surface area (Å²) in [6.45, 7) is 0.415. The molecule has 0 aliphatic carbocycles. The SMILES string of the molecule is O=C(N[C@@H](Cc1cccc(OCc2ccccc2)c1)C(=O)O)c1cnc2ccccc2c1. The summed E-state index contributed by atoms with van der Waals surface area (Å²) in [5.41, 5.74) is 2.87. The third-order valence-corrected chi connectivity index (χ3v) is 5.04. The molecule has 6 nitrogen and oxygen atoms in total. The smallest absolute Gasteiger partial charge is 0.326 e. The summed E-state index contributed by atoms with van der Waals surface area (Å²) < 4.78 is 5.82. The van der Waals surface area contributed by atoms with Gasteiger partial charge in [-0.25, -0.2) is 4.79 Å². The van der Waals surface area contributed by atoms with Gasteiger partial charge in [-0.05, 0) is 35.4 Å². The number of rotatable bonds is 8. The van der Waals surface area contributed by atoms with Crippen molar-refractivity contribution in [1.29, 1.82) is 0 Å². The van der Waals surface area contributed by atoms with Crippen molar-refractivity contribution in [3.05, 3.63) is 108 Å². The van der Waals surface area contributed by atoms with Gasteiger partial charge in [-0.1, -0.05) is 60.7 Å². The lowest BCUT2D eigenvalue weighted by Crippen LogP contribution is -2.42. The van der Waals surface area contributed by atoms with E-state index in [1.807, 2.05) is 72.8 Å². The molecule has 4 rings (SSSR count). The first kappa shape index (κ1) is 21.1. The van der Waals surface area contributed by atoms with Crippen molar-refractivity contribution >= 4 is 22.8 Å². The Morgan fingerprint density at radius 1 is 0.906 bits per heavy atom. The van der Waals surface area contributed by atoms with Gasteiger partial charge in [0.15, 0.2) is 0 Å². The molecule has 0 saturated carbocycles. The number of hydrogen-bond acceptors (Lipinski definition) is 4. The number of ether oxygens (including phenoxy) is 1. The summed E-state index contributed by atoms with van der Waals surface area (Å²) in [4.78, 5) is 28.8. The van der Waals surface area contributed by atoms with Gasteiger partial charge < -0.3 is 15.2 Å². The molecular formula is C26H22N2O4. The summed E-state index contributed by atoms with van der Waals surface area (Å²) >= 11 is 0. The maximum absolute atomic E-state index is 12.7. The molecule has 32 heavy (non-hydrogen) atoms. The Kier molecular flexibility index (Phi) is 6.41. The number of fused-ring (bicyclic) bond motifs is 1. The summed E-state index contributed by atoms with van der Waals surface area (Å²) in [6.07, 6.45) is 1.58. The number of aliphatic carboxylic acids is 1. The highest BCUT2D eigenvalue weighted by atomic mass is 16.5. The standard InChI is InChI=1S/C26H22N2O4/c29-25(21-15-20-10-4-5-12-23(20)27-16-21)28-24(26(30)31)14-19-9-6-11-22(13-19)32-17-18-7-2-1-3-8-18/h1-13,15-16,24H,14,17H2,(H,28,29)(H,30,31)/t24-/m0/s1. The van der Waals surface area contributed by atoms with E-state index in [1.165, 1.54) is 6.20 Å². The molecule has 0 aliphatic heterocycles. The van der Waals surface area contributed by atoms with Crippen LogP contribution >= 0.6 is 0 Å². The van der Waals surface area contributed by atoms with Crippen molar-refractivity contribution in [2.24, 2.45) is 0 Å². The largest absolute Gasteiger partial charge is 0.489 e. The van der Waals surface area contributed by atoms with Crippen LogP contribution in [0.3, 0.4) is 0 Å². The van der Waals surface area contributed by atoms with E-state index in [-0.39, 0.29) is 6.42 Å². The molecule has 160 valence electrons. The van der Waals surface area contributed by atoms with Crippen LogP contribution in [0.2, 0.25) is 0 Å². The molecule has 0 spiro atoms. The van der Waals surface area contributed by atoms with Gasteiger partial charge in [0.05, 0.1) is 11.1 Å². The Balaban J connectivity index is 1.43. The lowest BCUT2D eigenvalue weighted by atomic mass is 10.0. The highest BCUT2D eigenvalue weighted by Crippen LogP contribution is 2.17. The van der Waals surface area contributed by atoms with E-state index in [2.05, 4.69) is 10.3 Å². The zero-order valence-corrected chi connectivity index (χ0v) is 17.3. The second-order valence-electron chi connectivity index (χ2n) is 7.41. The van der Waals surface area contributed by atoms with Crippen molar-refractivity contribution in [2.45, 2.75) is 19.1 Å². The van der Waals surface area contributed by atoms with Crippen LogP contribution in [0.1, 0.15) is 21.5 Å². The first-order chi connectivity index (χ1) is 15.6. The second-order valence-corrected chi connectivity index (χ2v) is 7.41. The van der Waals surface area contributed by atoms with E-state index in [1.54, 1.807) is 12.1 Å². The number of nitrogens with zero attached hydrogens (tertiary/aromatic N) is 1. The lowest BCUT2D eigenvalue weighted by Gasteiger charge is -2.15. The van der Waals surface area contributed by atoms with Gasteiger partial charge in [0.25, 0.3) is 5.91 Å². The molecule has 1 amide bonds. The molecule has 0 aliphatic rings. The van der Waals surface area contributed by atoms with E-state index in [4.69, 9.17) is 4.74 Å². The number of carbonyl (C=O) groups is 2. The van der Waals surface area contributed by atoms with Crippen molar-refractivity contribution in [1.82, 2.24) is 10.3 Å². The number of pyridine rings is 1. The molecule has 1 heterocycles. The summed E-state index contributed by atoms with van der Waals surface area (Å²) in [5, 5.41) is 13.1. The van der Waals surface area contributed by atoms with E-state index < -0.39 is 17.9 Å². The van der Waals surface area contributed by atoms with Gasteiger partial charge in [0, 0.05) is 18.0 Å². The van der Waals surface area contributed by atoms with Crippen LogP contribution < -0.4 is 10.1 Å². The molecule has 1 aromatic heterocycles. The number of hydrogen-bond donors (Lipinski definition) is 2. The number of aromatic nitrogens is 1. The predicted molar refractivity (Wildman–Crippen MR) is 122 cm³/mol. The average molecular weight is 426 g/mol. The molecule has 0 unspecified atom stereocenters. The Bertz CT molecular complexity index is 1240. The van der Waals surface area contributed by atoms with Gasteiger partial charge in [-0.3, -0.25) is 9.78 Å². The first-order valence-corrected chi connectivity index (χ1v) is 10.2. The maximum atomic E-state index is 12.7. The number of carboxylic acid groups (broad SMARTS) is 1. The van der Waals surface area contributed by atoms with Crippen LogP contribution in [0, 0.1) is 0 Å². The predicted octanol–water partition coefficient (Wildman–Crippen LogP) is 4.24. The van der Waals surface area contributed by atoms with Gasteiger partial charge in [-0.15, -0.1) is 0 Å². The minimum absolute atomic E-state index is 0.130. The molecule has 1 atom stereocenters. The topological polar surface area (TPSA) is 88.5 Å². The minimum Gasteiger partial charge on any atom is -0.489 e. The van der Waals surface area contributed by atoms with Crippen molar-refractivity contribution in [2.75, 3.05) is 0 Å². The molecular weight excluding hydrogens is 404 g/mol. The maximum Gasteiger partial charge on any atom is 0.326 e. The van der Waals surface area contributed by atoms with Crippen LogP contribution in [-0.4, -0.2) is 28.0 Å². The second kappa shape index (κ2) is 9.75. The molecule has 0 fully saturated rings. The number of benzene rings is 3. The third kappa shape index (κ3) is 5.29. The number of para-hydroxylation sites is 1. The molecule has 4 aromatic rings. The molecule has 0 saturated heterocycles. The van der Waals surface area contributed by atoms with Crippen LogP contribution in [-0.2, 0) is 17.8 Å². The monoisotopic (exact) mass is 426 g/mol. The van der Waals surface area contributed by atoms with Gasteiger partial charge in [0.1, 0.15) is 18.4 Å². The zero-order valence-electron chi connectivity index (χ0n) is 17.3. The molecule has 0 radical (unpaired) electrons. The lowest BCUT2D eigenvalue weighted by molar-refractivity contribution is -0.139. The highest BCUT2D eigenvalue weighted by molar-refractivity contribution is 5.99. The highest BCUT2D eigenvalue weighted by Gasteiger charge is 2.22. The quantitative estimate of drug-likeness (QED) is 0.440. The van der Waals surface area contributed by atoms with Crippen LogP contribution in [0.4, 0.5) is 0 Å². The van der Waals surface area contributed by atoms with E-state index in [0.29, 0.717) is 17.9 Å². The van der Waals surface area contributed by atoms with Crippen molar-refractivity contribution in [3.63, 3.8) is 0 Å². The summed E-state index contributed by atoms with van der Waals surface area (Å²) in [6, 6.07) is 25.1. The summed E-state index contributed by atoms with van der Waals surface area (Å²) in [5.74, 6) is -0.949. The van der Waals surface area contributed by atoms with Crippen molar-refractivity contribution in [3.8, 4) is 5.75 Å². The molecule has 0 bridgehead atoms. The fourth-order valence-electron chi connectivity index (χ4n) is 3.38. The normalized spacial score (nSPS) is 11.6. The van der Waals surface area contributed by atoms with Crippen LogP contribution in [0.25, 0.3) is 10.9 Å². The number of carboxylic acids is 1. The van der Waals surface area contributed by atoms with E-state index in [9.17, 15) is 14.7 Å². The van der Waals surface area contributed by atoms with Gasteiger partial charge in [-0.2, -0.15) is 0 Å². The average Bonchev–Trinajstić information content (AvgIpc) is 2.83.